The van der Waals surface area contributed by atoms with Crippen LogP contribution in [0.1, 0.15) is 57.6 Å². The molecule has 1 atom stereocenters. The molecule has 0 saturated carbocycles. The fraction of sp³-hybridized carbons (Fsp3) is 0.667. The molecule has 2 nitrogen and oxygen atoms in total. The number of hydrogen-bond acceptors (Lipinski definition) is 2. The highest BCUT2D eigenvalue weighted by atomic mass is 16.5. The Balaban J connectivity index is 1.95. The van der Waals surface area contributed by atoms with Crippen LogP contribution in [0, 0.1) is 6.92 Å². The summed E-state index contributed by atoms with van der Waals surface area (Å²) in [6.45, 7) is 10.9. The van der Waals surface area contributed by atoms with Crippen molar-refractivity contribution in [2.45, 2.75) is 64.8 Å². The molecule has 1 aliphatic rings. The number of nitrogens with one attached hydrogen (secondary N) is 1. The van der Waals surface area contributed by atoms with Gasteiger partial charge in [0, 0.05) is 6.04 Å². The minimum Gasteiger partial charge on any atom is -0.493 e. The van der Waals surface area contributed by atoms with Crippen LogP contribution in [-0.4, -0.2) is 19.2 Å². The third kappa shape index (κ3) is 4.24. The predicted molar refractivity (Wildman–Crippen MR) is 85.6 cm³/mol. The van der Waals surface area contributed by atoms with E-state index in [1.54, 1.807) is 0 Å². The lowest BCUT2D eigenvalue weighted by Crippen LogP contribution is -2.35. The first-order valence-corrected chi connectivity index (χ1v) is 7.94. The van der Waals surface area contributed by atoms with Crippen LogP contribution in [0.25, 0.3) is 0 Å². The van der Waals surface area contributed by atoms with Gasteiger partial charge in [-0.3, -0.25) is 0 Å². The van der Waals surface area contributed by atoms with Gasteiger partial charge in [-0.1, -0.05) is 44.9 Å². The molecule has 1 N–H and O–H groups in total. The highest BCUT2D eigenvalue weighted by Gasteiger charge is 2.19. The van der Waals surface area contributed by atoms with Crippen LogP contribution in [0.15, 0.2) is 18.2 Å². The van der Waals surface area contributed by atoms with Crippen molar-refractivity contribution < 1.29 is 4.74 Å². The first-order valence-electron chi connectivity index (χ1n) is 7.94. The zero-order chi connectivity index (χ0) is 14.6. The Labute approximate surface area is 123 Å². The van der Waals surface area contributed by atoms with E-state index in [0.29, 0.717) is 6.04 Å². The van der Waals surface area contributed by atoms with E-state index in [2.05, 4.69) is 51.2 Å². The zero-order valence-electron chi connectivity index (χ0n) is 13.5. The summed E-state index contributed by atoms with van der Waals surface area (Å²) in [6.07, 6.45) is 5.08. The molecule has 1 aliphatic heterocycles. The summed E-state index contributed by atoms with van der Waals surface area (Å²) in [4.78, 5) is 0. The van der Waals surface area contributed by atoms with Crippen molar-refractivity contribution in [3.05, 3.63) is 29.3 Å². The second-order valence-corrected chi connectivity index (χ2v) is 7.03. The molecule has 20 heavy (non-hydrogen) atoms. The monoisotopic (exact) mass is 275 g/mol. The molecule has 0 unspecified atom stereocenters. The van der Waals surface area contributed by atoms with Crippen molar-refractivity contribution in [3.63, 3.8) is 0 Å². The molecular formula is C18H29NO. The minimum absolute atomic E-state index is 0.129. The van der Waals surface area contributed by atoms with E-state index in [1.165, 1.54) is 36.9 Å². The minimum atomic E-state index is 0.129. The van der Waals surface area contributed by atoms with E-state index in [-0.39, 0.29) is 5.41 Å². The van der Waals surface area contributed by atoms with Crippen LogP contribution in [0.5, 0.6) is 5.75 Å². The molecule has 1 aromatic rings. The molecule has 0 bridgehead atoms. The molecule has 0 amide bonds. The molecule has 112 valence electrons. The largest absolute Gasteiger partial charge is 0.493 e. The third-order valence-electron chi connectivity index (χ3n) is 4.08. The molecule has 1 saturated heterocycles. The van der Waals surface area contributed by atoms with Gasteiger partial charge in [0.05, 0.1) is 6.61 Å². The number of piperidine rings is 1. The Kier molecular flexibility index (Phi) is 5.09. The van der Waals surface area contributed by atoms with Gasteiger partial charge < -0.3 is 10.1 Å². The summed E-state index contributed by atoms with van der Waals surface area (Å²) < 4.78 is 6.08. The maximum absolute atomic E-state index is 6.08. The predicted octanol–water partition coefficient (Wildman–Crippen LogP) is 4.20. The van der Waals surface area contributed by atoms with Crippen LogP contribution >= 0.6 is 0 Å². The number of benzene rings is 1. The quantitative estimate of drug-likeness (QED) is 0.889. The lowest BCUT2D eigenvalue weighted by molar-refractivity contribution is 0.263. The smallest absolute Gasteiger partial charge is 0.123 e. The highest BCUT2D eigenvalue weighted by molar-refractivity contribution is 5.41. The first-order chi connectivity index (χ1) is 9.47. The lowest BCUT2D eigenvalue weighted by Gasteiger charge is -2.25. The molecule has 2 heteroatoms. The van der Waals surface area contributed by atoms with E-state index < -0.39 is 0 Å². The van der Waals surface area contributed by atoms with Gasteiger partial charge in [-0.2, -0.15) is 0 Å². The number of aryl methyl sites for hydroxylation is 1. The Bertz CT molecular complexity index is 428. The van der Waals surface area contributed by atoms with Crippen molar-refractivity contribution in [3.8, 4) is 5.75 Å². The van der Waals surface area contributed by atoms with Crippen molar-refractivity contribution in [2.24, 2.45) is 0 Å². The standard InChI is InChI=1S/C18H29NO/c1-14-8-9-17(16(13-14)18(2,3)4)20-12-10-15-7-5-6-11-19-15/h8-9,13,15,19H,5-7,10-12H2,1-4H3/t15-/m1/s1. The van der Waals surface area contributed by atoms with Crippen molar-refractivity contribution >= 4 is 0 Å². The Hall–Kier alpha value is -1.02. The van der Waals surface area contributed by atoms with E-state index in [9.17, 15) is 0 Å². The van der Waals surface area contributed by atoms with Gasteiger partial charge in [-0.15, -0.1) is 0 Å². The van der Waals surface area contributed by atoms with Crippen LogP contribution in [0.3, 0.4) is 0 Å². The van der Waals surface area contributed by atoms with E-state index in [1.807, 2.05) is 0 Å². The van der Waals surface area contributed by atoms with Crippen molar-refractivity contribution in [2.75, 3.05) is 13.2 Å². The zero-order valence-corrected chi connectivity index (χ0v) is 13.5. The summed E-state index contributed by atoms with van der Waals surface area (Å²) in [6, 6.07) is 7.18. The molecule has 1 heterocycles. The van der Waals surface area contributed by atoms with Gasteiger partial charge in [-0.05, 0) is 49.8 Å². The average molecular weight is 275 g/mol. The molecule has 1 aromatic carbocycles. The van der Waals surface area contributed by atoms with Crippen LogP contribution < -0.4 is 10.1 Å². The fourth-order valence-electron chi connectivity index (χ4n) is 2.84. The van der Waals surface area contributed by atoms with Gasteiger partial charge in [-0.25, -0.2) is 0 Å². The van der Waals surface area contributed by atoms with Crippen molar-refractivity contribution in [1.82, 2.24) is 5.32 Å². The van der Waals surface area contributed by atoms with Gasteiger partial charge in [0.25, 0.3) is 0 Å². The topological polar surface area (TPSA) is 21.3 Å². The Morgan fingerprint density at radius 3 is 2.70 bits per heavy atom. The van der Waals surface area contributed by atoms with Crippen LogP contribution in [-0.2, 0) is 5.41 Å². The summed E-state index contributed by atoms with van der Waals surface area (Å²) >= 11 is 0. The number of rotatable bonds is 4. The average Bonchev–Trinajstić information content (AvgIpc) is 2.40. The lowest BCUT2D eigenvalue weighted by atomic mass is 9.85. The van der Waals surface area contributed by atoms with Crippen LogP contribution in [0.2, 0.25) is 0 Å². The van der Waals surface area contributed by atoms with E-state index in [4.69, 9.17) is 4.74 Å². The summed E-state index contributed by atoms with van der Waals surface area (Å²) in [5, 5.41) is 3.58. The van der Waals surface area contributed by atoms with Gasteiger partial charge in [0.2, 0.25) is 0 Å². The highest BCUT2D eigenvalue weighted by Crippen LogP contribution is 2.32. The summed E-state index contributed by atoms with van der Waals surface area (Å²) in [5.41, 5.74) is 2.75. The fourth-order valence-corrected chi connectivity index (χ4v) is 2.84. The third-order valence-corrected chi connectivity index (χ3v) is 4.08. The molecular weight excluding hydrogens is 246 g/mol. The summed E-state index contributed by atoms with van der Waals surface area (Å²) in [5.74, 6) is 1.05. The van der Waals surface area contributed by atoms with Gasteiger partial charge in [0.1, 0.15) is 5.75 Å². The molecule has 2 rings (SSSR count). The second-order valence-electron chi connectivity index (χ2n) is 7.03. The number of hydrogen-bond donors (Lipinski definition) is 1. The normalized spacial score (nSPS) is 19.9. The number of ether oxygens (including phenoxy) is 1. The molecule has 0 spiro atoms. The molecule has 0 aromatic heterocycles. The maximum atomic E-state index is 6.08. The van der Waals surface area contributed by atoms with Gasteiger partial charge >= 0.3 is 0 Å². The Morgan fingerprint density at radius 2 is 2.05 bits per heavy atom. The maximum Gasteiger partial charge on any atom is 0.123 e. The SMILES string of the molecule is Cc1ccc(OCC[C@H]2CCCCN2)c(C(C)(C)C)c1. The Morgan fingerprint density at radius 1 is 1.25 bits per heavy atom. The molecule has 0 aliphatic carbocycles. The van der Waals surface area contributed by atoms with Gasteiger partial charge in [0.15, 0.2) is 0 Å². The summed E-state index contributed by atoms with van der Waals surface area (Å²) in [7, 11) is 0. The molecule has 0 radical (unpaired) electrons. The first kappa shape index (κ1) is 15.4. The van der Waals surface area contributed by atoms with Crippen LogP contribution in [0.4, 0.5) is 0 Å². The van der Waals surface area contributed by atoms with E-state index >= 15 is 0 Å². The van der Waals surface area contributed by atoms with Crippen molar-refractivity contribution in [1.29, 1.82) is 0 Å². The second kappa shape index (κ2) is 6.62. The molecule has 1 fully saturated rings. The van der Waals surface area contributed by atoms with E-state index in [0.717, 1.165) is 18.8 Å².